The van der Waals surface area contributed by atoms with Gasteiger partial charge in [0.2, 0.25) is 0 Å². The molecule has 0 bridgehead atoms. The number of nitrogens with zero attached hydrogens (tertiary/aromatic N) is 6. The van der Waals surface area contributed by atoms with Crippen molar-refractivity contribution in [2.24, 2.45) is 7.05 Å². The van der Waals surface area contributed by atoms with Gasteiger partial charge in [0.05, 0.1) is 36.1 Å². The number of imidazole rings is 2. The maximum Gasteiger partial charge on any atom is 0.274 e. The molecule has 1 amide bonds. The minimum atomic E-state index is -0.115. The Morgan fingerprint density at radius 3 is 2.82 bits per heavy atom. The Balaban J connectivity index is 1.53. The van der Waals surface area contributed by atoms with Gasteiger partial charge in [0.1, 0.15) is 5.82 Å². The molecular weight excluding hydrogens is 354 g/mol. The van der Waals surface area contributed by atoms with E-state index in [9.17, 15) is 4.79 Å². The van der Waals surface area contributed by atoms with Crippen molar-refractivity contribution in [2.45, 2.75) is 33.0 Å². The van der Waals surface area contributed by atoms with Crippen LogP contribution in [-0.2, 0) is 20.1 Å². The zero-order chi connectivity index (χ0) is 19.7. The van der Waals surface area contributed by atoms with Crippen LogP contribution in [0, 0.1) is 0 Å². The standard InChI is InChI=1S/C20H23N7O/c1-14(2)27(12-19-21-8-9-25(19)3)20(28)17-10-15(23-24-17)11-26-13-22-16-6-4-5-7-18(16)26/h4-10,13-14H,11-12H2,1-3H3,(H,23,24). The van der Waals surface area contributed by atoms with Crippen molar-refractivity contribution in [3.63, 3.8) is 0 Å². The van der Waals surface area contributed by atoms with Crippen molar-refractivity contribution in [1.29, 1.82) is 0 Å². The number of benzene rings is 1. The van der Waals surface area contributed by atoms with E-state index >= 15 is 0 Å². The van der Waals surface area contributed by atoms with E-state index in [1.165, 1.54) is 0 Å². The Morgan fingerprint density at radius 2 is 2.07 bits per heavy atom. The van der Waals surface area contributed by atoms with Crippen LogP contribution in [-0.4, -0.2) is 46.1 Å². The summed E-state index contributed by atoms with van der Waals surface area (Å²) in [6.45, 7) is 4.99. The number of fused-ring (bicyclic) bond motifs is 1. The molecule has 144 valence electrons. The number of amides is 1. The van der Waals surface area contributed by atoms with E-state index in [2.05, 4.69) is 20.2 Å². The third-order valence-electron chi connectivity index (χ3n) is 4.84. The highest BCUT2D eigenvalue weighted by atomic mass is 16.2. The smallest absolute Gasteiger partial charge is 0.274 e. The number of aryl methyl sites for hydroxylation is 1. The first-order valence-electron chi connectivity index (χ1n) is 9.24. The molecular formula is C20H23N7O. The Hall–Kier alpha value is -3.42. The number of hydrogen-bond acceptors (Lipinski definition) is 4. The predicted octanol–water partition coefficient (Wildman–Crippen LogP) is 2.59. The quantitative estimate of drug-likeness (QED) is 0.560. The number of rotatable bonds is 6. The molecule has 0 saturated heterocycles. The molecule has 0 fully saturated rings. The number of H-pyrrole nitrogens is 1. The van der Waals surface area contributed by atoms with Gasteiger partial charge < -0.3 is 14.0 Å². The van der Waals surface area contributed by atoms with Gasteiger partial charge in [-0.1, -0.05) is 12.1 Å². The van der Waals surface area contributed by atoms with Crippen molar-refractivity contribution < 1.29 is 4.79 Å². The number of aromatic nitrogens is 6. The molecule has 8 heteroatoms. The third-order valence-corrected chi connectivity index (χ3v) is 4.84. The molecule has 1 N–H and O–H groups in total. The van der Waals surface area contributed by atoms with Crippen molar-refractivity contribution >= 4 is 16.9 Å². The van der Waals surface area contributed by atoms with E-state index in [0.717, 1.165) is 22.6 Å². The Bertz CT molecular complexity index is 1100. The fourth-order valence-electron chi connectivity index (χ4n) is 3.21. The number of nitrogens with one attached hydrogen (secondary N) is 1. The van der Waals surface area contributed by atoms with E-state index in [0.29, 0.717) is 18.8 Å². The van der Waals surface area contributed by atoms with Gasteiger partial charge in [-0.25, -0.2) is 9.97 Å². The fourth-order valence-corrected chi connectivity index (χ4v) is 3.21. The summed E-state index contributed by atoms with van der Waals surface area (Å²) in [4.78, 5) is 23.5. The van der Waals surface area contributed by atoms with Crippen molar-refractivity contribution in [2.75, 3.05) is 0 Å². The minimum Gasteiger partial charge on any atom is -0.337 e. The number of hydrogen-bond donors (Lipinski definition) is 1. The van der Waals surface area contributed by atoms with Crippen LogP contribution in [0.1, 0.15) is 35.9 Å². The summed E-state index contributed by atoms with van der Waals surface area (Å²) in [7, 11) is 1.92. The molecule has 0 aliphatic heterocycles. The zero-order valence-electron chi connectivity index (χ0n) is 16.2. The summed E-state index contributed by atoms with van der Waals surface area (Å²) < 4.78 is 3.95. The van der Waals surface area contributed by atoms with Gasteiger partial charge in [0.25, 0.3) is 5.91 Å². The van der Waals surface area contributed by atoms with Crippen molar-refractivity contribution in [1.82, 2.24) is 34.2 Å². The van der Waals surface area contributed by atoms with Crippen LogP contribution in [0.4, 0.5) is 0 Å². The summed E-state index contributed by atoms with van der Waals surface area (Å²) in [6, 6.07) is 9.80. The summed E-state index contributed by atoms with van der Waals surface area (Å²) in [5.41, 5.74) is 3.25. The van der Waals surface area contributed by atoms with Gasteiger partial charge in [-0.2, -0.15) is 5.10 Å². The Kier molecular flexibility index (Phi) is 4.68. The zero-order valence-corrected chi connectivity index (χ0v) is 16.2. The molecule has 0 aliphatic rings. The first kappa shape index (κ1) is 18.0. The normalized spacial score (nSPS) is 11.4. The van der Waals surface area contributed by atoms with Gasteiger partial charge in [0, 0.05) is 25.5 Å². The number of carbonyl (C=O) groups excluding carboxylic acids is 1. The largest absolute Gasteiger partial charge is 0.337 e. The molecule has 1 aromatic carbocycles. The van der Waals surface area contributed by atoms with Gasteiger partial charge in [-0.3, -0.25) is 9.89 Å². The molecule has 4 rings (SSSR count). The van der Waals surface area contributed by atoms with Crippen molar-refractivity contribution in [3.8, 4) is 0 Å². The van der Waals surface area contributed by atoms with E-state index in [-0.39, 0.29) is 11.9 Å². The molecule has 28 heavy (non-hydrogen) atoms. The lowest BCUT2D eigenvalue weighted by Crippen LogP contribution is -2.37. The minimum absolute atomic E-state index is 0.0296. The van der Waals surface area contributed by atoms with E-state index in [4.69, 9.17) is 0 Å². The highest BCUT2D eigenvalue weighted by Crippen LogP contribution is 2.15. The molecule has 3 heterocycles. The van der Waals surface area contributed by atoms with Crippen LogP contribution in [0.2, 0.25) is 0 Å². The van der Waals surface area contributed by atoms with Gasteiger partial charge in [-0.05, 0) is 32.0 Å². The average Bonchev–Trinajstić information content (AvgIpc) is 3.40. The van der Waals surface area contributed by atoms with Crippen LogP contribution in [0.15, 0.2) is 49.1 Å². The average molecular weight is 377 g/mol. The highest BCUT2D eigenvalue weighted by Gasteiger charge is 2.23. The maximum absolute atomic E-state index is 13.0. The van der Waals surface area contributed by atoms with Gasteiger partial charge in [-0.15, -0.1) is 0 Å². The molecule has 0 atom stereocenters. The second-order valence-corrected chi connectivity index (χ2v) is 7.12. The summed E-state index contributed by atoms with van der Waals surface area (Å²) in [5, 5.41) is 7.24. The van der Waals surface area contributed by atoms with E-state index < -0.39 is 0 Å². The van der Waals surface area contributed by atoms with Gasteiger partial charge >= 0.3 is 0 Å². The lowest BCUT2D eigenvalue weighted by Gasteiger charge is -2.25. The molecule has 0 spiro atoms. The fraction of sp³-hybridized carbons (Fsp3) is 0.300. The molecule has 0 unspecified atom stereocenters. The summed E-state index contributed by atoms with van der Waals surface area (Å²) >= 11 is 0. The molecule has 0 radical (unpaired) electrons. The number of para-hydroxylation sites is 2. The first-order valence-corrected chi connectivity index (χ1v) is 9.24. The molecule has 0 aliphatic carbocycles. The summed E-state index contributed by atoms with van der Waals surface area (Å²) in [5.74, 6) is 0.721. The SMILES string of the molecule is CC(C)N(Cc1nccn1C)C(=O)c1cc(Cn2cnc3ccccc32)[nH]n1. The monoisotopic (exact) mass is 377 g/mol. The van der Waals surface area contributed by atoms with Crippen LogP contribution in [0.3, 0.4) is 0 Å². The third kappa shape index (κ3) is 3.40. The molecule has 4 aromatic rings. The topological polar surface area (TPSA) is 84.6 Å². The van der Waals surface area contributed by atoms with Crippen LogP contribution in [0.5, 0.6) is 0 Å². The molecule has 0 saturated carbocycles. The number of aromatic amines is 1. The second-order valence-electron chi connectivity index (χ2n) is 7.12. The van der Waals surface area contributed by atoms with Crippen LogP contribution < -0.4 is 0 Å². The van der Waals surface area contributed by atoms with Gasteiger partial charge in [0.15, 0.2) is 5.69 Å². The lowest BCUT2D eigenvalue weighted by molar-refractivity contribution is 0.0677. The number of carbonyl (C=O) groups is 1. The Morgan fingerprint density at radius 1 is 1.25 bits per heavy atom. The van der Waals surface area contributed by atoms with Crippen LogP contribution >= 0.6 is 0 Å². The molecule has 3 aromatic heterocycles. The molecule has 8 nitrogen and oxygen atoms in total. The second kappa shape index (κ2) is 7.30. The highest BCUT2D eigenvalue weighted by molar-refractivity contribution is 5.92. The lowest BCUT2D eigenvalue weighted by atomic mass is 10.2. The predicted molar refractivity (Wildman–Crippen MR) is 106 cm³/mol. The van der Waals surface area contributed by atoms with E-state index in [1.54, 1.807) is 17.4 Å². The Labute approximate surface area is 162 Å². The van der Waals surface area contributed by atoms with Crippen LogP contribution in [0.25, 0.3) is 11.0 Å². The van der Waals surface area contributed by atoms with Crippen molar-refractivity contribution in [3.05, 3.63) is 66.3 Å². The maximum atomic E-state index is 13.0. The summed E-state index contributed by atoms with van der Waals surface area (Å²) in [6.07, 6.45) is 5.41. The first-order chi connectivity index (χ1) is 13.5. The van der Waals surface area contributed by atoms with E-state index in [1.807, 2.05) is 66.6 Å².